The normalized spacial score (nSPS) is 15.1. The summed E-state index contributed by atoms with van der Waals surface area (Å²) in [6.07, 6.45) is 2.35. The van der Waals surface area contributed by atoms with E-state index < -0.39 is 5.95 Å². The molecule has 23 heavy (non-hydrogen) atoms. The van der Waals surface area contributed by atoms with Gasteiger partial charge in [0.1, 0.15) is 18.1 Å². The number of hydrogen-bond donors (Lipinski definition) is 1. The summed E-state index contributed by atoms with van der Waals surface area (Å²) >= 11 is 0. The highest BCUT2D eigenvalue weighted by Crippen LogP contribution is 2.38. The fraction of sp³-hybridized carbons (Fsp3) is 0.389. The van der Waals surface area contributed by atoms with Gasteiger partial charge in [0, 0.05) is 23.2 Å². The van der Waals surface area contributed by atoms with Gasteiger partial charge in [-0.3, -0.25) is 0 Å². The lowest BCUT2D eigenvalue weighted by atomic mass is 9.98. The van der Waals surface area contributed by atoms with Gasteiger partial charge in [0.15, 0.2) is 0 Å². The maximum Gasteiger partial charge on any atom is 0.213 e. The van der Waals surface area contributed by atoms with Crippen molar-refractivity contribution in [3.63, 3.8) is 0 Å². The van der Waals surface area contributed by atoms with Crippen LogP contribution in [0, 0.1) is 11.9 Å². The average molecular weight is 316 g/mol. The second-order valence-electron chi connectivity index (χ2n) is 6.24. The van der Waals surface area contributed by atoms with E-state index in [0.717, 1.165) is 28.9 Å². The molecule has 4 nitrogen and oxygen atoms in total. The predicted molar refractivity (Wildman–Crippen MR) is 86.9 cm³/mol. The van der Waals surface area contributed by atoms with Crippen molar-refractivity contribution in [3.8, 4) is 22.6 Å². The first kappa shape index (κ1) is 15.7. The molecule has 0 amide bonds. The van der Waals surface area contributed by atoms with Crippen molar-refractivity contribution in [1.82, 2.24) is 4.98 Å². The van der Waals surface area contributed by atoms with Crippen LogP contribution in [0.15, 0.2) is 30.5 Å². The number of hydrogen-bond acceptors (Lipinski definition) is 4. The number of pyridine rings is 1. The summed E-state index contributed by atoms with van der Waals surface area (Å²) in [6, 6.07) is 7.38. The van der Waals surface area contributed by atoms with Gasteiger partial charge in [-0.2, -0.15) is 4.39 Å². The zero-order chi connectivity index (χ0) is 16.4. The third-order valence-electron chi connectivity index (χ3n) is 3.89. The molecule has 3 rings (SSSR count). The Hall–Kier alpha value is -2.14. The first-order valence-corrected chi connectivity index (χ1v) is 7.83. The van der Waals surface area contributed by atoms with E-state index in [1.165, 1.54) is 12.3 Å². The third kappa shape index (κ3) is 3.62. The SMILES string of the molecule is CC(N)CC(C)COc1ccc2c(c1)COc1cnc(F)cc1-2. The second-order valence-corrected chi connectivity index (χ2v) is 6.24. The molecule has 0 aliphatic carbocycles. The zero-order valence-corrected chi connectivity index (χ0v) is 13.4. The molecular formula is C18H21FN2O2. The number of ether oxygens (including phenoxy) is 2. The van der Waals surface area contributed by atoms with Crippen molar-refractivity contribution in [1.29, 1.82) is 0 Å². The van der Waals surface area contributed by atoms with Crippen molar-refractivity contribution in [2.24, 2.45) is 11.7 Å². The molecule has 0 saturated carbocycles. The summed E-state index contributed by atoms with van der Waals surface area (Å²) < 4.78 is 24.9. The Kier molecular flexibility index (Phi) is 4.48. The van der Waals surface area contributed by atoms with Crippen LogP contribution in [0.2, 0.25) is 0 Å². The number of nitrogens with zero attached hydrogens (tertiary/aromatic N) is 1. The van der Waals surface area contributed by atoms with Gasteiger partial charge in [0.25, 0.3) is 0 Å². The number of halogens is 1. The predicted octanol–water partition coefficient (Wildman–Crippen LogP) is 3.53. The van der Waals surface area contributed by atoms with E-state index in [1.807, 2.05) is 25.1 Å². The summed E-state index contributed by atoms with van der Waals surface area (Å²) in [5.41, 5.74) is 8.48. The van der Waals surface area contributed by atoms with Crippen LogP contribution in [-0.4, -0.2) is 17.6 Å². The molecule has 122 valence electrons. The number of fused-ring (bicyclic) bond motifs is 3. The molecular weight excluding hydrogens is 295 g/mol. The van der Waals surface area contributed by atoms with Crippen molar-refractivity contribution >= 4 is 0 Å². The Morgan fingerprint density at radius 1 is 1.30 bits per heavy atom. The van der Waals surface area contributed by atoms with Crippen molar-refractivity contribution in [3.05, 3.63) is 42.0 Å². The van der Waals surface area contributed by atoms with E-state index in [-0.39, 0.29) is 6.04 Å². The highest BCUT2D eigenvalue weighted by molar-refractivity contribution is 5.75. The summed E-state index contributed by atoms with van der Waals surface area (Å²) in [4.78, 5) is 3.63. The van der Waals surface area contributed by atoms with Crippen LogP contribution in [-0.2, 0) is 6.61 Å². The molecule has 0 radical (unpaired) electrons. The maximum atomic E-state index is 13.4. The second kappa shape index (κ2) is 6.54. The minimum absolute atomic E-state index is 0.172. The van der Waals surface area contributed by atoms with Crippen LogP contribution in [0.3, 0.4) is 0 Å². The van der Waals surface area contributed by atoms with Gasteiger partial charge in [-0.15, -0.1) is 0 Å². The molecule has 2 heterocycles. The van der Waals surface area contributed by atoms with E-state index in [1.54, 1.807) is 0 Å². The van der Waals surface area contributed by atoms with Crippen LogP contribution in [0.1, 0.15) is 25.8 Å². The topological polar surface area (TPSA) is 57.4 Å². The first-order valence-electron chi connectivity index (χ1n) is 7.83. The molecule has 0 saturated heterocycles. The molecule has 2 unspecified atom stereocenters. The molecule has 0 spiro atoms. The van der Waals surface area contributed by atoms with Gasteiger partial charge < -0.3 is 15.2 Å². The standard InChI is InChI=1S/C18H21FN2O2/c1-11(5-12(2)20)9-22-14-3-4-15-13(6-14)10-23-17-8-21-18(19)7-16(15)17/h3-4,6-8,11-12H,5,9-10,20H2,1-2H3. The van der Waals surface area contributed by atoms with Crippen LogP contribution in [0.25, 0.3) is 11.1 Å². The Balaban J connectivity index is 1.76. The minimum Gasteiger partial charge on any atom is -0.493 e. The molecule has 5 heteroatoms. The summed E-state index contributed by atoms with van der Waals surface area (Å²) in [6.45, 7) is 5.17. The van der Waals surface area contributed by atoms with Crippen LogP contribution < -0.4 is 15.2 Å². The molecule has 1 aliphatic heterocycles. The molecule has 1 aliphatic rings. The summed E-state index contributed by atoms with van der Waals surface area (Å²) in [5.74, 6) is 1.29. The van der Waals surface area contributed by atoms with Crippen LogP contribution in [0.4, 0.5) is 4.39 Å². The third-order valence-corrected chi connectivity index (χ3v) is 3.89. The average Bonchev–Trinajstić information content (AvgIpc) is 2.51. The van der Waals surface area contributed by atoms with E-state index in [9.17, 15) is 4.39 Å². The number of benzene rings is 1. The molecule has 1 aromatic heterocycles. The molecule has 0 bridgehead atoms. The fourth-order valence-electron chi connectivity index (χ4n) is 2.88. The van der Waals surface area contributed by atoms with E-state index >= 15 is 0 Å². The summed E-state index contributed by atoms with van der Waals surface area (Å²) in [7, 11) is 0. The fourth-order valence-corrected chi connectivity index (χ4v) is 2.88. The van der Waals surface area contributed by atoms with Crippen LogP contribution >= 0.6 is 0 Å². The number of aromatic nitrogens is 1. The minimum atomic E-state index is -0.509. The molecule has 1 aromatic carbocycles. The largest absolute Gasteiger partial charge is 0.493 e. The zero-order valence-electron chi connectivity index (χ0n) is 13.4. The molecule has 2 atom stereocenters. The highest BCUT2D eigenvalue weighted by Gasteiger charge is 2.19. The Labute approximate surface area is 135 Å². The lowest BCUT2D eigenvalue weighted by molar-refractivity contribution is 0.245. The van der Waals surface area contributed by atoms with E-state index in [2.05, 4.69) is 11.9 Å². The van der Waals surface area contributed by atoms with E-state index in [4.69, 9.17) is 15.2 Å². The molecule has 2 aromatic rings. The van der Waals surface area contributed by atoms with Crippen molar-refractivity contribution < 1.29 is 13.9 Å². The lowest BCUT2D eigenvalue weighted by Gasteiger charge is -2.21. The van der Waals surface area contributed by atoms with Gasteiger partial charge in [-0.1, -0.05) is 13.0 Å². The van der Waals surface area contributed by atoms with Gasteiger partial charge in [-0.05, 0) is 37.0 Å². The summed E-state index contributed by atoms with van der Waals surface area (Å²) in [5, 5.41) is 0. The van der Waals surface area contributed by atoms with Gasteiger partial charge in [0.2, 0.25) is 5.95 Å². The number of nitrogens with two attached hydrogens (primary N) is 1. The van der Waals surface area contributed by atoms with Crippen LogP contribution in [0.5, 0.6) is 11.5 Å². The highest BCUT2D eigenvalue weighted by atomic mass is 19.1. The monoisotopic (exact) mass is 316 g/mol. The maximum absolute atomic E-state index is 13.4. The van der Waals surface area contributed by atoms with E-state index in [0.29, 0.717) is 24.9 Å². The first-order chi connectivity index (χ1) is 11.0. The molecule has 0 fully saturated rings. The Bertz CT molecular complexity index is 703. The van der Waals surface area contributed by atoms with Crippen molar-refractivity contribution in [2.45, 2.75) is 32.9 Å². The number of rotatable bonds is 5. The van der Waals surface area contributed by atoms with Gasteiger partial charge >= 0.3 is 0 Å². The Morgan fingerprint density at radius 3 is 2.91 bits per heavy atom. The smallest absolute Gasteiger partial charge is 0.213 e. The molecule has 2 N–H and O–H groups in total. The Morgan fingerprint density at radius 2 is 2.13 bits per heavy atom. The van der Waals surface area contributed by atoms with Gasteiger partial charge in [-0.25, -0.2) is 4.98 Å². The van der Waals surface area contributed by atoms with Gasteiger partial charge in [0.05, 0.1) is 12.8 Å². The lowest BCUT2D eigenvalue weighted by Crippen LogP contribution is -2.21. The van der Waals surface area contributed by atoms with Crippen molar-refractivity contribution in [2.75, 3.05) is 6.61 Å². The quantitative estimate of drug-likeness (QED) is 0.857.